The number of hydrogen-bond acceptors (Lipinski definition) is 4. The molecule has 1 unspecified atom stereocenters. The average molecular weight is 297 g/mol. The molecule has 6 heteroatoms. The van der Waals surface area contributed by atoms with Gasteiger partial charge in [0.15, 0.2) is 9.84 Å². The first-order valence-electron chi connectivity index (χ1n) is 6.67. The van der Waals surface area contributed by atoms with Crippen LogP contribution in [-0.2, 0) is 9.84 Å². The van der Waals surface area contributed by atoms with Crippen LogP contribution in [0, 0.1) is 5.92 Å². The van der Waals surface area contributed by atoms with Gasteiger partial charge in [0.1, 0.15) is 0 Å². The third-order valence-electron chi connectivity index (χ3n) is 3.62. The van der Waals surface area contributed by atoms with E-state index < -0.39 is 15.8 Å². The summed E-state index contributed by atoms with van der Waals surface area (Å²) in [6.07, 6.45) is 1.11. The molecule has 5 nitrogen and oxygen atoms in total. The molecular weight excluding hydrogens is 278 g/mol. The van der Waals surface area contributed by atoms with Crippen molar-refractivity contribution in [2.45, 2.75) is 18.2 Å². The smallest absolute Gasteiger partial charge is 0.335 e. The zero-order valence-corrected chi connectivity index (χ0v) is 12.3. The number of sulfone groups is 1. The molecule has 1 aliphatic rings. The lowest BCUT2D eigenvalue weighted by Crippen LogP contribution is -2.27. The molecule has 110 valence electrons. The summed E-state index contributed by atoms with van der Waals surface area (Å²) in [6, 6.07) is 5.54. The van der Waals surface area contributed by atoms with E-state index >= 15 is 0 Å². The van der Waals surface area contributed by atoms with Crippen molar-refractivity contribution in [2.75, 3.05) is 25.4 Å². The minimum absolute atomic E-state index is 0.000805. The van der Waals surface area contributed by atoms with Gasteiger partial charge in [-0.2, -0.15) is 0 Å². The second-order valence-corrected chi connectivity index (χ2v) is 7.46. The predicted molar refractivity (Wildman–Crippen MR) is 75.7 cm³/mol. The van der Waals surface area contributed by atoms with Crippen LogP contribution in [0.25, 0.3) is 0 Å². The van der Waals surface area contributed by atoms with Crippen LogP contribution in [-0.4, -0.2) is 49.8 Å². The fourth-order valence-corrected chi connectivity index (χ4v) is 3.75. The number of carboxylic acid groups (broad SMARTS) is 1. The monoisotopic (exact) mass is 297 g/mol. The van der Waals surface area contributed by atoms with E-state index in [1.807, 2.05) is 0 Å². The summed E-state index contributed by atoms with van der Waals surface area (Å²) in [6.45, 7) is 4.53. The summed E-state index contributed by atoms with van der Waals surface area (Å²) in [5.41, 5.74) is 0.000805. The molecule has 0 radical (unpaired) electrons. The van der Waals surface area contributed by atoms with Gasteiger partial charge in [0.25, 0.3) is 0 Å². The van der Waals surface area contributed by atoms with Crippen molar-refractivity contribution in [2.24, 2.45) is 5.92 Å². The van der Waals surface area contributed by atoms with Crippen molar-refractivity contribution in [1.82, 2.24) is 4.90 Å². The zero-order valence-electron chi connectivity index (χ0n) is 11.4. The minimum Gasteiger partial charge on any atom is -0.478 e. The lowest BCUT2D eigenvalue weighted by Gasteiger charge is -2.15. The summed E-state index contributed by atoms with van der Waals surface area (Å²) < 4.78 is 24.5. The van der Waals surface area contributed by atoms with E-state index in [4.69, 9.17) is 5.11 Å². The van der Waals surface area contributed by atoms with Gasteiger partial charge in [0.2, 0.25) is 0 Å². The molecule has 1 aromatic carbocycles. The summed E-state index contributed by atoms with van der Waals surface area (Å²) in [5.74, 6) is -0.466. The Morgan fingerprint density at radius 3 is 2.80 bits per heavy atom. The standard InChI is InChI=1S/C14H19NO4S/c1-11-5-6-15(10-11)7-8-20(18,19)13-4-2-3-12(9-13)14(16)17/h2-4,9,11H,5-8,10H2,1H3,(H,16,17). The van der Waals surface area contributed by atoms with Crippen LogP contribution in [0.5, 0.6) is 0 Å². The molecule has 0 aliphatic carbocycles. The quantitative estimate of drug-likeness (QED) is 0.891. The summed E-state index contributed by atoms with van der Waals surface area (Å²) in [4.78, 5) is 13.1. The lowest BCUT2D eigenvalue weighted by atomic mass is 10.2. The first-order chi connectivity index (χ1) is 9.38. The largest absolute Gasteiger partial charge is 0.478 e. The van der Waals surface area contributed by atoms with Crippen LogP contribution < -0.4 is 0 Å². The highest BCUT2D eigenvalue weighted by Gasteiger charge is 2.22. The van der Waals surface area contributed by atoms with E-state index in [-0.39, 0.29) is 16.2 Å². The maximum atomic E-state index is 12.2. The maximum Gasteiger partial charge on any atom is 0.335 e. The SMILES string of the molecule is CC1CCN(CCS(=O)(=O)c2cccc(C(=O)O)c2)C1. The number of likely N-dealkylation sites (tertiary alicyclic amines) is 1. The van der Waals surface area contributed by atoms with Gasteiger partial charge in [0, 0.05) is 13.1 Å². The van der Waals surface area contributed by atoms with Crippen LogP contribution >= 0.6 is 0 Å². The van der Waals surface area contributed by atoms with E-state index in [1.165, 1.54) is 24.3 Å². The van der Waals surface area contributed by atoms with Gasteiger partial charge in [0.05, 0.1) is 16.2 Å². The molecule has 20 heavy (non-hydrogen) atoms. The minimum atomic E-state index is -3.43. The number of hydrogen-bond donors (Lipinski definition) is 1. The molecule has 0 bridgehead atoms. The Morgan fingerprint density at radius 2 is 2.20 bits per heavy atom. The number of aromatic carboxylic acids is 1. The fourth-order valence-electron chi connectivity index (χ4n) is 2.42. The third kappa shape index (κ3) is 3.58. The predicted octanol–water partition coefficient (Wildman–Crippen LogP) is 1.50. The molecule has 1 atom stereocenters. The molecule has 1 aliphatic heterocycles. The van der Waals surface area contributed by atoms with Gasteiger partial charge in [-0.1, -0.05) is 13.0 Å². The van der Waals surface area contributed by atoms with Gasteiger partial charge >= 0.3 is 5.97 Å². The van der Waals surface area contributed by atoms with Gasteiger partial charge in [-0.15, -0.1) is 0 Å². The number of rotatable bonds is 5. The summed E-state index contributed by atoms with van der Waals surface area (Å²) in [7, 11) is -3.43. The van der Waals surface area contributed by atoms with Gasteiger partial charge in [-0.05, 0) is 37.1 Å². The molecule has 1 fully saturated rings. The van der Waals surface area contributed by atoms with Crippen molar-refractivity contribution in [3.63, 3.8) is 0 Å². The molecular formula is C14H19NO4S. The van der Waals surface area contributed by atoms with Crippen molar-refractivity contribution in [1.29, 1.82) is 0 Å². The van der Waals surface area contributed by atoms with Gasteiger partial charge < -0.3 is 10.0 Å². The topological polar surface area (TPSA) is 74.7 Å². The van der Waals surface area contributed by atoms with E-state index in [9.17, 15) is 13.2 Å². The van der Waals surface area contributed by atoms with Crippen molar-refractivity contribution < 1.29 is 18.3 Å². The molecule has 1 heterocycles. The second kappa shape index (κ2) is 5.93. The molecule has 0 spiro atoms. The number of nitrogens with zero attached hydrogens (tertiary/aromatic N) is 1. The third-order valence-corrected chi connectivity index (χ3v) is 5.32. The summed E-state index contributed by atoms with van der Waals surface area (Å²) >= 11 is 0. The van der Waals surface area contributed by atoms with Crippen LogP contribution in [0.2, 0.25) is 0 Å². The van der Waals surface area contributed by atoms with Gasteiger partial charge in [-0.25, -0.2) is 13.2 Å². The second-order valence-electron chi connectivity index (χ2n) is 5.35. The zero-order chi connectivity index (χ0) is 14.8. The highest BCUT2D eigenvalue weighted by atomic mass is 32.2. The normalized spacial score (nSPS) is 20.1. The Morgan fingerprint density at radius 1 is 1.45 bits per heavy atom. The average Bonchev–Trinajstić information content (AvgIpc) is 2.82. The Balaban J connectivity index is 2.06. The molecule has 0 saturated carbocycles. The Labute approximate surface area is 119 Å². The molecule has 1 N–H and O–H groups in total. The highest BCUT2D eigenvalue weighted by molar-refractivity contribution is 7.91. The molecule has 1 saturated heterocycles. The number of carbonyl (C=O) groups is 1. The van der Waals surface area contributed by atoms with Crippen LogP contribution in [0.15, 0.2) is 29.2 Å². The number of benzene rings is 1. The summed E-state index contributed by atoms with van der Waals surface area (Å²) in [5, 5.41) is 8.90. The van der Waals surface area contributed by atoms with E-state index in [0.717, 1.165) is 19.5 Å². The fraction of sp³-hybridized carbons (Fsp3) is 0.500. The first-order valence-corrected chi connectivity index (χ1v) is 8.32. The Kier molecular flexibility index (Phi) is 4.45. The molecule has 2 rings (SSSR count). The van der Waals surface area contributed by atoms with E-state index in [1.54, 1.807) is 0 Å². The van der Waals surface area contributed by atoms with Crippen LogP contribution in [0.1, 0.15) is 23.7 Å². The first kappa shape index (κ1) is 15.0. The van der Waals surface area contributed by atoms with Gasteiger partial charge in [-0.3, -0.25) is 0 Å². The lowest BCUT2D eigenvalue weighted by molar-refractivity contribution is 0.0696. The van der Waals surface area contributed by atoms with Crippen molar-refractivity contribution in [3.8, 4) is 0 Å². The van der Waals surface area contributed by atoms with Crippen LogP contribution in [0.3, 0.4) is 0 Å². The van der Waals surface area contributed by atoms with Crippen molar-refractivity contribution in [3.05, 3.63) is 29.8 Å². The highest BCUT2D eigenvalue weighted by Crippen LogP contribution is 2.17. The van der Waals surface area contributed by atoms with E-state index in [2.05, 4.69) is 11.8 Å². The van der Waals surface area contributed by atoms with E-state index in [0.29, 0.717) is 12.5 Å². The molecule has 0 amide bonds. The number of carboxylic acids is 1. The van der Waals surface area contributed by atoms with Crippen molar-refractivity contribution >= 4 is 15.8 Å². The van der Waals surface area contributed by atoms with Crippen LogP contribution in [0.4, 0.5) is 0 Å². The molecule has 0 aromatic heterocycles. The Hall–Kier alpha value is -1.40. The molecule has 1 aromatic rings. The Bertz CT molecular complexity index is 597. The maximum absolute atomic E-state index is 12.2.